The Balaban J connectivity index is 1.78. The largest absolute Gasteiger partial charge is 0.399 e. The van der Waals surface area contributed by atoms with Crippen molar-refractivity contribution < 1.29 is 0 Å². The molecular weight excluding hydrogens is 288 g/mol. The molecule has 0 aliphatic rings. The molecule has 0 spiro atoms. The molecule has 23 heavy (non-hydrogen) atoms. The number of hydrogen-bond acceptors (Lipinski definition) is 4. The molecule has 0 bridgehead atoms. The number of nitrogens with two attached hydrogens (primary N) is 1. The van der Waals surface area contributed by atoms with Crippen LogP contribution in [0.3, 0.4) is 0 Å². The van der Waals surface area contributed by atoms with Crippen LogP contribution in [0.4, 0.5) is 5.69 Å². The quantitative estimate of drug-likeness (QED) is 0.578. The first-order valence-corrected chi connectivity index (χ1v) is 7.32. The van der Waals surface area contributed by atoms with Crippen LogP contribution in [-0.2, 0) is 7.05 Å². The highest BCUT2D eigenvalue weighted by atomic mass is 15.4. The zero-order valence-corrected chi connectivity index (χ0v) is 12.9. The highest BCUT2D eigenvalue weighted by Gasteiger charge is 2.09. The molecule has 114 valence electrons. The van der Waals surface area contributed by atoms with Crippen LogP contribution in [0.25, 0.3) is 28.0 Å². The molecule has 2 N–H and O–H groups in total. The van der Waals surface area contributed by atoms with E-state index in [2.05, 4.69) is 15.3 Å². The van der Waals surface area contributed by atoms with Gasteiger partial charge >= 0.3 is 0 Å². The first-order valence-electron chi connectivity index (χ1n) is 7.32. The van der Waals surface area contributed by atoms with Gasteiger partial charge in [-0.2, -0.15) is 0 Å². The third-order valence-corrected chi connectivity index (χ3v) is 3.99. The summed E-state index contributed by atoms with van der Waals surface area (Å²) in [7, 11) is 1.98. The van der Waals surface area contributed by atoms with E-state index in [1.807, 2.05) is 61.1 Å². The molecule has 2 aromatic heterocycles. The highest BCUT2D eigenvalue weighted by molar-refractivity contribution is 5.81. The summed E-state index contributed by atoms with van der Waals surface area (Å²) in [5.41, 5.74) is 12.4. The summed E-state index contributed by atoms with van der Waals surface area (Å²) in [5, 5.41) is 8.52. The molecule has 6 nitrogen and oxygen atoms in total. The fourth-order valence-electron chi connectivity index (χ4n) is 2.68. The number of benzene rings is 2. The third-order valence-electron chi connectivity index (χ3n) is 3.99. The van der Waals surface area contributed by atoms with Crippen molar-refractivity contribution in [2.75, 3.05) is 5.73 Å². The van der Waals surface area contributed by atoms with Gasteiger partial charge in [0.2, 0.25) is 0 Å². The van der Waals surface area contributed by atoms with E-state index < -0.39 is 0 Å². The Morgan fingerprint density at radius 3 is 2.83 bits per heavy atom. The van der Waals surface area contributed by atoms with Gasteiger partial charge in [0.05, 0.1) is 29.2 Å². The predicted octanol–water partition coefficient (Wildman–Crippen LogP) is 2.71. The maximum Gasteiger partial charge on any atom is 0.113 e. The van der Waals surface area contributed by atoms with Crippen LogP contribution in [0.2, 0.25) is 0 Å². The van der Waals surface area contributed by atoms with E-state index >= 15 is 0 Å². The number of nitrogen functional groups attached to an aromatic ring is 1. The highest BCUT2D eigenvalue weighted by Crippen LogP contribution is 2.23. The summed E-state index contributed by atoms with van der Waals surface area (Å²) in [4.78, 5) is 4.39. The van der Waals surface area contributed by atoms with Crippen molar-refractivity contribution in [3.05, 3.63) is 54.5 Å². The molecule has 4 aromatic rings. The minimum Gasteiger partial charge on any atom is -0.399 e. The van der Waals surface area contributed by atoms with E-state index in [9.17, 15) is 0 Å². The summed E-state index contributed by atoms with van der Waals surface area (Å²) in [6.45, 7) is 2.02. The second kappa shape index (κ2) is 4.95. The average Bonchev–Trinajstić information content (AvgIpc) is 3.17. The van der Waals surface area contributed by atoms with Gasteiger partial charge in [0, 0.05) is 18.3 Å². The fraction of sp³-hybridized carbons (Fsp3) is 0.118. The lowest BCUT2D eigenvalue weighted by Crippen LogP contribution is -1.99. The van der Waals surface area contributed by atoms with Gasteiger partial charge in [-0.3, -0.25) is 0 Å². The number of nitrogens with zero attached hydrogens (tertiary/aromatic N) is 5. The molecule has 0 amide bonds. The van der Waals surface area contributed by atoms with Crippen molar-refractivity contribution in [1.29, 1.82) is 0 Å². The third kappa shape index (κ3) is 2.24. The van der Waals surface area contributed by atoms with Crippen molar-refractivity contribution in [3.8, 4) is 16.9 Å². The number of rotatable bonds is 2. The predicted molar refractivity (Wildman–Crippen MR) is 90.2 cm³/mol. The summed E-state index contributed by atoms with van der Waals surface area (Å²) < 4.78 is 3.75. The zero-order chi connectivity index (χ0) is 16.0. The maximum atomic E-state index is 5.88. The minimum atomic E-state index is 0.706. The topological polar surface area (TPSA) is 74.6 Å². The first kappa shape index (κ1) is 13.5. The molecule has 0 aliphatic heterocycles. The van der Waals surface area contributed by atoms with Crippen LogP contribution >= 0.6 is 0 Å². The summed E-state index contributed by atoms with van der Waals surface area (Å²) >= 11 is 0. The normalized spacial score (nSPS) is 11.2. The van der Waals surface area contributed by atoms with E-state index in [1.54, 1.807) is 11.0 Å². The summed E-state index contributed by atoms with van der Waals surface area (Å²) in [6, 6.07) is 11.9. The molecule has 4 rings (SSSR count). The Labute approximate surface area is 133 Å². The molecule has 0 atom stereocenters. The Morgan fingerprint density at radius 1 is 1.09 bits per heavy atom. The molecule has 0 fully saturated rings. The molecule has 2 aromatic carbocycles. The zero-order valence-electron chi connectivity index (χ0n) is 12.9. The number of imidazole rings is 1. The average molecular weight is 304 g/mol. The van der Waals surface area contributed by atoms with Crippen LogP contribution in [-0.4, -0.2) is 24.5 Å². The lowest BCUT2D eigenvalue weighted by Gasteiger charge is -2.05. The van der Waals surface area contributed by atoms with E-state index in [1.165, 1.54) is 0 Å². The minimum absolute atomic E-state index is 0.706. The fourth-order valence-corrected chi connectivity index (χ4v) is 2.68. The molecule has 2 heterocycles. The van der Waals surface area contributed by atoms with E-state index in [0.29, 0.717) is 5.69 Å². The Kier molecular flexibility index (Phi) is 2.90. The van der Waals surface area contributed by atoms with Gasteiger partial charge in [-0.25, -0.2) is 9.67 Å². The second-order valence-electron chi connectivity index (χ2n) is 5.65. The number of aryl methyl sites for hydroxylation is 2. The Bertz CT molecular complexity index is 1010. The van der Waals surface area contributed by atoms with Crippen LogP contribution in [0.1, 0.15) is 5.56 Å². The monoisotopic (exact) mass is 304 g/mol. The molecule has 0 saturated carbocycles. The van der Waals surface area contributed by atoms with Gasteiger partial charge in [0.15, 0.2) is 0 Å². The SMILES string of the molecule is Cc1ccc(N)cc1-n1cc(-c2ccc3c(c2)ncn3C)nn1. The number of hydrogen-bond donors (Lipinski definition) is 1. The van der Waals surface area contributed by atoms with Crippen molar-refractivity contribution >= 4 is 16.7 Å². The maximum absolute atomic E-state index is 5.88. The molecule has 0 saturated heterocycles. The summed E-state index contributed by atoms with van der Waals surface area (Å²) in [6.07, 6.45) is 3.72. The lowest BCUT2D eigenvalue weighted by molar-refractivity contribution is 0.799. The standard InChI is InChI=1S/C17H16N6/c1-11-3-5-13(18)8-17(11)23-9-15(20-21-23)12-4-6-16-14(7-12)19-10-22(16)2/h3-10H,18H2,1-2H3. The second-order valence-corrected chi connectivity index (χ2v) is 5.65. The lowest BCUT2D eigenvalue weighted by atomic mass is 10.1. The van der Waals surface area contributed by atoms with E-state index in [0.717, 1.165) is 33.5 Å². The van der Waals surface area contributed by atoms with Gasteiger partial charge in [0.25, 0.3) is 0 Å². The number of aromatic nitrogens is 5. The van der Waals surface area contributed by atoms with Gasteiger partial charge < -0.3 is 10.3 Å². The van der Waals surface area contributed by atoms with Crippen molar-refractivity contribution in [2.45, 2.75) is 6.92 Å². The van der Waals surface area contributed by atoms with Crippen molar-refractivity contribution in [1.82, 2.24) is 24.5 Å². The van der Waals surface area contributed by atoms with Gasteiger partial charge in [-0.1, -0.05) is 17.3 Å². The molecule has 0 radical (unpaired) electrons. The molecule has 6 heteroatoms. The molecular formula is C17H16N6. The molecule has 0 unspecified atom stereocenters. The van der Waals surface area contributed by atoms with E-state index in [-0.39, 0.29) is 0 Å². The smallest absolute Gasteiger partial charge is 0.113 e. The van der Waals surface area contributed by atoms with Crippen LogP contribution in [0, 0.1) is 6.92 Å². The number of fused-ring (bicyclic) bond motifs is 1. The van der Waals surface area contributed by atoms with Crippen molar-refractivity contribution in [3.63, 3.8) is 0 Å². The van der Waals surface area contributed by atoms with Crippen molar-refractivity contribution in [2.24, 2.45) is 7.05 Å². The van der Waals surface area contributed by atoms with Gasteiger partial charge in [0.1, 0.15) is 5.69 Å². The van der Waals surface area contributed by atoms with Crippen LogP contribution in [0.15, 0.2) is 48.9 Å². The number of anilines is 1. The van der Waals surface area contributed by atoms with Crippen LogP contribution in [0.5, 0.6) is 0 Å². The molecule has 0 aliphatic carbocycles. The Hall–Kier alpha value is -3.15. The van der Waals surface area contributed by atoms with Crippen LogP contribution < -0.4 is 5.73 Å². The first-order chi connectivity index (χ1) is 11.1. The van der Waals surface area contributed by atoms with Gasteiger partial charge in [-0.15, -0.1) is 5.10 Å². The van der Waals surface area contributed by atoms with E-state index in [4.69, 9.17) is 5.73 Å². The Morgan fingerprint density at radius 2 is 1.96 bits per heavy atom. The van der Waals surface area contributed by atoms with Gasteiger partial charge in [-0.05, 0) is 36.8 Å². The summed E-state index contributed by atoms with van der Waals surface area (Å²) in [5.74, 6) is 0.